The third-order valence-electron chi connectivity index (χ3n) is 4.40. The maximum atomic E-state index is 9.82. The van der Waals surface area contributed by atoms with Crippen LogP contribution < -0.4 is 4.90 Å². The van der Waals surface area contributed by atoms with Crippen LogP contribution in [0.15, 0.2) is 40.9 Å². The SMILES string of the molecule is Oc1cccc(-c2nc(N3CCOCC3)c3oc4nnccc4c3n2)c1. The average molecular weight is 349 g/mol. The van der Waals surface area contributed by atoms with Gasteiger partial charge in [0.25, 0.3) is 0 Å². The van der Waals surface area contributed by atoms with Gasteiger partial charge in [-0.1, -0.05) is 12.1 Å². The summed E-state index contributed by atoms with van der Waals surface area (Å²) < 4.78 is 11.4. The third-order valence-corrected chi connectivity index (χ3v) is 4.40. The fourth-order valence-electron chi connectivity index (χ4n) is 3.15. The number of phenolic OH excluding ortho intramolecular Hbond substituents is 1. The van der Waals surface area contributed by atoms with Crippen molar-refractivity contribution in [2.45, 2.75) is 0 Å². The van der Waals surface area contributed by atoms with Crippen LogP contribution in [0, 0.1) is 0 Å². The van der Waals surface area contributed by atoms with E-state index in [-0.39, 0.29) is 5.75 Å². The van der Waals surface area contributed by atoms with Gasteiger partial charge in [-0.2, -0.15) is 5.10 Å². The zero-order valence-corrected chi connectivity index (χ0v) is 13.8. The molecular formula is C18H15N5O3. The van der Waals surface area contributed by atoms with Gasteiger partial charge in [0.2, 0.25) is 5.71 Å². The van der Waals surface area contributed by atoms with Crippen LogP contribution in [0.3, 0.4) is 0 Å². The molecule has 1 aromatic carbocycles. The van der Waals surface area contributed by atoms with Crippen molar-refractivity contribution in [1.29, 1.82) is 0 Å². The van der Waals surface area contributed by atoms with Gasteiger partial charge < -0.3 is 19.2 Å². The maximum absolute atomic E-state index is 9.82. The molecule has 0 radical (unpaired) electrons. The van der Waals surface area contributed by atoms with E-state index in [4.69, 9.17) is 14.1 Å². The lowest BCUT2D eigenvalue weighted by Gasteiger charge is -2.27. The molecule has 1 aliphatic rings. The molecule has 0 unspecified atom stereocenters. The predicted molar refractivity (Wildman–Crippen MR) is 95.0 cm³/mol. The summed E-state index contributed by atoms with van der Waals surface area (Å²) in [7, 11) is 0. The Hall–Kier alpha value is -3.26. The lowest BCUT2D eigenvalue weighted by Crippen LogP contribution is -2.37. The summed E-state index contributed by atoms with van der Waals surface area (Å²) in [6.07, 6.45) is 1.61. The van der Waals surface area contributed by atoms with E-state index in [1.807, 2.05) is 12.1 Å². The van der Waals surface area contributed by atoms with Gasteiger partial charge in [0.15, 0.2) is 17.2 Å². The van der Waals surface area contributed by atoms with Crippen molar-refractivity contribution in [3.05, 3.63) is 36.5 Å². The normalized spacial score (nSPS) is 15.0. The van der Waals surface area contributed by atoms with Gasteiger partial charge in [-0.3, -0.25) is 0 Å². The second-order valence-corrected chi connectivity index (χ2v) is 6.05. The Morgan fingerprint density at radius 1 is 1.08 bits per heavy atom. The van der Waals surface area contributed by atoms with Gasteiger partial charge in [0.05, 0.1) is 24.8 Å². The van der Waals surface area contributed by atoms with Gasteiger partial charge in [-0.15, -0.1) is 5.10 Å². The number of hydrogen-bond donors (Lipinski definition) is 1. The number of anilines is 1. The van der Waals surface area contributed by atoms with Gasteiger partial charge in [0, 0.05) is 18.7 Å². The molecule has 0 spiro atoms. The first kappa shape index (κ1) is 15.0. The first-order chi connectivity index (χ1) is 12.8. The number of rotatable bonds is 2. The van der Waals surface area contributed by atoms with E-state index >= 15 is 0 Å². The minimum atomic E-state index is 0.169. The molecule has 8 nitrogen and oxygen atoms in total. The van der Waals surface area contributed by atoms with Crippen molar-refractivity contribution in [3.8, 4) is 17.1 Å². The van der Waals surface area contributed by atoms with Crippen molar-refractivity contribution in [2.75, 3.05) is 31.2 Å². The van der Waals surface area contributed by atoms with Gasteiger partial charge in [-0.25, -0.2) is 9.97 Å². The molecule has 1 fully saturated rings. The quantitative estimate of drug-likeness (QED) is 0.589. The predicted octanol–water partition coefficient (Wildman–Crippen LogP) is 2.38. The van der Waals surface area contributed by atoms with E-state index in [0.717, 1.165) is 10.9 Å². The molecule has 0 atom stereocenters. The topological polar surface area (TPSA) is 97.4 Å². The summed E-state index contributed by atoms with van der Waals surface area (Å²) >= 11 is 0. The van der Waals surface area contributed by atoms with E-state index in [9.17, 15) is 5.11 Å². The Morgan fingerprint density at radius 3 is 2.81 bits per heavy atom. The van der Waals surface area contributed by atoms with E-state index in [2.05, 4.69) is 20.1 Å². The number of phenols is 1. The van der Waals surface area contributed by atoms with Gasteiger partial charge in [-0.05, 0) is 18.2 Å². The lowest BCUT2D eigenvalue weighted by atomic mass is 10.2. The molecule has 0 aliphatic carbocycles. The van der Waals surface area contributed by atoms with Crippen molar-refractivity contribution < 1.29 is 14.3 Å². The molecular weight excluding hydrogens is 334 g/mol. The first-order valence-corrected chi connectivity index (χ1v) is 8.33. The molecule has 1 saturated heterocycles. The minimum Gasteiger partial charge on any atom is -0.508 e. The molecule has 8 heteroatoms. The molecule has 4 heterocycles. The van der Waals surface area contributed by atoms with Crippen LogP contribution in [-0.2, 0) is 4.74 Å². The minimum absolute atomic E-state index is 0.169. The monoisotopic (exact) mass is 349 g/mol. The molecule has 1 aliphatic heterocycles. The number of aromatic nitrogens is 4. The number of benzene rings is 1. The zero-order valence-electron chi connectivity index (χ0n) is 13.8. The van der Waals surface area contributed by atoms with Crippen LogP contribution in [0.2, 0.25) is 0 Å². The van der Waals surface area contributed by atoms with Crippen LogP contribution in [0.1, 0.15) is 0 Å². The van der Waals surface area contributed by atoms with Gasteiger partial charge >= 0.3 is 0 Å². The zero-order chi connectivity index (χ0) is 17.5. The summed E-state index contributed by atoms with van der Waals surface area (Å²) in [6.45, 7) is 2.70. The Labute approximate surface area is 148 Å². The molecule has 4 aromatic rings. The number of morpholine rings is 1. The summed E-state index contributed by atoms with van der Waals surface area (Å²) in [5.74, 6) is 1.39. The molecule has 26 heavy (non-hydrogen) atoms. The Bertz CT molecular complexity index is 1100. The number of ether oxygens (including phenoxy) is 1. The Balaban J connectivity index is 1.79. The number of aromatic hydroxyl groups is 1. The second kappa shape index (κ2) is 5.92. The van der Waals surface area contributed by atoms with E-state index < -0.39 is 0 Å². The fraction of sp³-hybridized carbons (Fsp3) is 0.222. The summed E-state index contributed by atoms with van der Waals surface area (Å²) in [5.41, 5.74) is 2.44. The third kappa shape index (κ3) is 2.42. The number of fused-ring (bicyclic) bond motifs is 3. The molecule has 0 saturated carbocycles. The molecule has 3 aromatic heterocycles. The highest BCUT2D eigenvalue weighted by molar-refractivity contribution is 6.05. The number of furan rings is 1. The van der Waals surface area contributed by atoms with Gasteiger partial charge in [0.1, 0.15) is 11.3 Å². The summed E-state index contributed by atoms with van der Waals surface area (Å²) in [4.78, 5) is 11.5. The maximum Gasteiger partial charge on any atom is 0.248 e. The van der Waals surface area contributed by atoms with Crippen LogP contribution >= 0.6 is 0 Å². The highest BCUT2D eigenvalue weighted by atomic mass is 16.5. The largest absolute Gasteiger partial charge is 0.508 e. The first-order valence-electron chi connectivity index (χ1n) is 8.33. The molecule has 5 rings (SSSR count). The van der Waals surface area contributed by atoms with E-state index in [1.54, 1.807) is 24.4 Å². The standard InChI is InChI=1S/C18H15N5O3/c24-12-3-1-2-11(10-12)16-20-14-13-4-5-19-22-18(13)26-15(14)17(21-16)23-6-8-25-9-7-23/h1-5,10,24H,6-9H2. The smallest absolute Gasteiger partial charge is 0.248 e. The second-order valence-electron chi connectivity index (χ2n) is 6.05. The van der Waals surface area contributed by atoms with Crippen molar-refractivity contribution >= 4 is 28.0 Å². The van der Waals surface area contributed by atoms with E-state index in [0.29, 0.717) is 54.8 Å². The Morgan fingerprint density at radius 2 is 1.96 bits per heavy atom. The summed E-state index contributed by atoms with van der Waals surface area (Å²) in [6, 6.07) is 8.73. The van der Waals surface area contributed by atoms with Crippen LogP contribution in [-0.4, -0.2) is 51.6 Å². The molecule has 1 N–H and O–H groups in total. The van der Waals surface area contributed by atoms with E-state index in [1.165, 1.54) is 0 Å². The highest BCUT2D eigenvalue weighted by Crippen LogP contribution is 2.34. The molecule has 0 bridgehead atoms. The lowest BCUT2D eigenvalue weighted by molar-refractivity contribution is 0.122. The molecule has 130 valence electrons. The van der Waals surface area contributed by atoms with Crippen molar-refractivity contribution in [3.63, 3.8) is 0 Å². The van der Waals surface area contributed by atoms with Crippen LogP contribution in [0.25, 0.3) is 33.6 Å². The number of hydrogen-bond acceptors (Lipinski definition) is 8. The van der Waals surface area contributed by atoms with Crippen molar-refractivity contribution in [1.82, 2.24) is 20.2 Å². The summed E-state index contributed by atoms with van der Waals surface area (Å²) in [5, 5.41) is 18.5. The van der Waals surface area contributed by atoms with Crippen molar-refractivity contribution in [2.24, 2.45) is 0 Å². The van der Waals surface area contributed by atoms with Crippen LogP contribution in [0.4, 0.5) is 5.82 Å². The number of nitrogens with zero attached hydrogens (tertiary/aromatic N) is 5. The van der Waals surface area contributed by atoms with Crippen LogP contribution in [0.5, 0.6) is 5.75 Å². The Kier molecular flexibility index (Phi) is 3.42. The molecule has 0 amide bonds. The fourth-order valence-corrected chi connectivity index (χ4v) is 3.15. The average Bonchev–Trinajstić information content (AvgIpc) is 3.06. The highest BCUT2D eigenvalue weighted by Gasteiger charge is 2.23.